The van der Waals surface area contributed by atoms with Crippen molar-refractivity contribution in [2.24, 2.45) is 0 Å². The molecule has 20 heavy (non-hydrogen) atoms. The quantitative estimate of drug-likeness (QED) is 0.832. The van der Waals surface area contributed by atoms with E-state index in [0.717, 1.165) is 6.54 Å². The molecule has 0 aliphatic carbocycles. The zero-order valence-electron chi connectivity index (χ0n) is 13.8. The molecule has 112 valence electrons. The maximum Gasteiger partial charge on any atom is 0.0234 e. The molecule has 0 aromatic heterocycles. The van der Waals surface area contributed by atoms with E-state index in [2.05, 4.69) is 68.7 Å². The normalized spacial score (nSPS) is 18.7. The third kappa shape index (κ3) is 4.07. The molecule has 0 amide bonds. The van der Waals surface area contributed by atoms with Gasteiger partial charge in [0.05, 0.1) is 0 Å². The minimum absolute atomic E-state index is 0.251. The Balaban J connectivity index is 1.89. The molecule has 2 rings (SSSR count). The van der Waals surface area contributed by atoms with Gasteiger partial charge in [-0.15, -0.1) is 0 Å². The predicted molar refractivity (Wildman–Crippen MR) is 87.1 cm³/mol. The molecule has 0 spiro atoms. The van der Waals surface area contributed by atoms with E-state index in [1.165, 1.54) is 37.3 Å². The Morgan fingerprint density at radius 1 is 0.950 bits per heavy atom. The molecular weight excluding hydrogens is 244 g/mol. The molecule has 1 aromatic carbocycles. The first-order valence-corrected chi connectivity index (χ1v) is 7.92. The van der Waals surface area contributed by atoms with Gasteiger partial charge in [-0.25, -0.2) is 0 Å². The van der Waals surface area contributed by atoms with E-state index in [1.807, 2.05) is 0 Å². The molecule has 1 heterocycles. The van der Waals surface area contributed by atoms with Crippen LogP contribution in [0.4, 0.5) is 0 Å². The lowest BCUT2D eigenvalue weighted by Crippen LogP contribution is -2.48. The summed E-state index contributed by atoms with van der Waals surface area (Å²) < 4.78 is 0. The van der Waals surface area contributed by atoms with Crippen LogP contribution in [0.3, 0.4) is 0 Å². The molecule has 2 heteroatoms. The summed E-state index contributed by atoms with van der Waals surface area (Å²) in [5.74, 6) is 0. The van der Waals surface area contributed by atoms with E-state index in [-0.39, 0.29) is 5.41 Å². The van der Waals surface area contributed by atoms with E-state index >= 15 is 0 Å². The molecule has 1 aromatic rings. The van der Waals surface area contributed by atoms with Crippen LogP contribution in [-0.4, -0.2) is 42.0 Å². The first kappa shape index (κ1) is 15.5. The van der Waals surface area contributed by atoms with Crippen molar-refractivity contribution in [2.75, 3.05) is 26.2 Å². The van der Waals surface area contributed by atoms with Crippen LogP contribution >= 0.6 is 0 Å². The van der Waals surface area contributed by atoms with E-state index in [0.29, 0.717) is 6.04 Å². The highest BCUT2D eigenvalue weighted by molar-refractivity contribution is 5.27. The molecule has 0 saturated carbocycles. The highest BCUT2D eigenvalue weighted by Crippen LogP contribution is 2.22. The van der Waals surface area contributed by atoms with Crippen molar-refractivity contribution >= 4 is 0 Å². The second-order valence-electron chi connectivity index (χ2n) is 7.35. The predicted octanol–water partition coefficient (Wildman–Crippen LogP) is 3.51. The van der Waals surface area contributed by atoms with E-state index in [9.17, 15) is 0 Å². The van der Waals surface area contributed by atoms with Gasteiger partial charge >= 0.3 is 0 Å². The standard InChI is InChI=1S/C18H30N2/c1-15(2)20-12-10-19(11-13-20)14-16-6-8-17(9-7-16)18(3,4)5/h6-9,15H,10-14H2,1-5H3. The monoisotopic (exact) mass is 274 g/mol. The topological polar surface area (TPSA) is 6.48 Å². The molecule has 0 radical (unpaired) electrons. The number of nitrogens with zero attached hydrogens (tertiary/aromatic N) is 2. The Labute approximate surface area is 124 Å². The number of piperazine rings is 1. The molecule has 0 atom stereocenters. The highest BCUT2D eigenvalue weighted by Gasteiger charge is 2.19. The first-order chi connectivity index (χ1) is 9.36. The van der Waals surface area contributed by atoms with Crippen molar-refractivity contribution in [3.63, 3.8) is 0 Å². The van der Waals surface area contributed by atoms with Crippen LogP contribution in [0.15, 0.2) is 24.3 Å². The molecule has 0 unspecified atom stereocenters. The summed E-state index contributed by atoms with van der Waals surface area (Å²) >= 11 is 0. The van der Waals surface area contributed by atoms with E-state index in [4.69, 9.17) is 0 Å². The fraction of sp³-hybridized carbons (Fsp3) is 0.667. The van der Waals surface area contributed by atoms with Crippen molar-refractivity contribution < 1.29 is 0 Å². The fourth-order valence-electron chi connectivity index (χ4n) is 2.81. The van der Waals surface area contributed by atoms with Crippen LogP contribution in [0.5, 0.6) is 0 Å². The summed E-state index contributed by atoms with van der Waals surface area (Å²) in [7, 11) is 0. The molecule has 2 nitrogen and oxygen atoms in total. The maximum atomic E-state index is 2.57. The van der Waals surface area contributed by atoms with Gasteiger partial charge in [0.1, 0.15) is 0 Å². The summed E-state index contributed by atoms with van der Waals surface area (Å²) in [6, 6.07) is 9.87. The summed E-state index contributed by atoms with van der Waals surface area (Å²) in [6.45, 7) is 17.3. The van der Waals surface area contributed by atoms with Crippen molar-refractivity contribution in [2.45, 2.75) is 52.6 Å². The third-order valence-electron chi connectivity index (χ3n) is 4.36. The summed E-state index contributed by atoms with van der Waals surface area (Å²) in [5, 5.41) is 0. The second kappa shape index (κ2) is 6.28. The Morgan fingerprint density at radius 2 is 1.50 bits per heavy atom. The Kier molecular flexibility index (Phi) is 4.87. The van der Waals surface area contributed by atoms with Gasteiger partial charge in [-0.05, 0) is 30.4 Å². The van der Waals surface area contributed by atoms with Crippen molar-refractivity contribution in [3.05, 3.63) is 35.4 Å². The number of benzene rings is 1. The molecule has 0 bridgehead atoms. The van der Waals surface area contributed by atoms with E-state index in [1.54, 1.807) is 0 Å². The smallest absolute Gasteiger partial charge is 0.0234 e. The van der Waals surface area contributed by atoms with Gasteiger partial charge in [-0.3, -0.25) is 9.80 Å². The minimum Gasteiger partial charge on any atom is -0.298 e. The Hall–Kier alpha value is -0.860. The second-order valence-corrected chi connectivity index (χ2v) is 7.35. The lowest BCUT2D eigenvalue weighted by molar-refractivity contribution is 0.104. The Bertz CT molecular complexity index is 406. The zero-order chi connectivity index (χ0) is 14.8. The number of hydrogen-bond acceptors (Lipinski definition) is 2. The average molecular weight is 274 g/mol. The van der Waals surface area contributed by atoms with Gasteiger partial charge in [0.15, 0.2) is 0 Å². The number of hydrogen-bond donors (Lipinski definition) is 0. The van der Waals surface area contributed by atoms with Crippen LogP contribution in [0.25, 0.3) is 0 Å². The molecule has 1 aliphatic heterocycles. The van der Waals surface area contributed by atoms with Crippen LogP contribution in [0, 0.1) is 0 Å². The van der Waals surface area contributed by atoms with Crippen molar-refractivity contribution in [1.29, 1.82) is 0 Å². The SMILES string of the molecule is CC(C)N1CCN(Cc2ccc(C(C)(C)C)cc2)CC1. The van der Waals surface area contributed by atoms with Crippen LogP contribution in [-0.2, 0) is 12.0 Å². The molecule has 0 N–H and O–H groups in total. The molecule has 1 fully saturated rings. The summed E-state index contributed by atoms with van der Waals surface area (Å²) in [6.07, 6.45) is 0. The fourth-order valence-corrected chi connectivity index (χ4v) is 2.81. The van der Waals surface area contributed by atoms with Crippen LogP contribution in [0.1, 0.15) is 45.7 Å². The third-order valence-corrected chi connectivity index (χ3v) is 4.36. The van der Waals surface area contributed by atoms with Gasteiger partial charge in [0.2, 0.25) is 0 Å². The van der Waals surface area contributed by atoms with Crippen molar-refractivity contribution in [1.82, 2.24) is 9.80 Å². The van der Waals surface area contributed by atoms with Gasteiger partial charge in [-0.2, -0.15) is 0 Å². The lowest BCUT2D eigenvalue weighted by atomic mass is 9.87. The number of rotatable bonds is 3. The van der Waals surface area contributed by atoms with Crippen LogP contribution < -0.4 is 0 Å². The largest absolute Gasteiger partial charge is 0.298 e. The van der Waals surface area contributed by atoms with Gasteiger partial charge in [0.25, 0.3) is 0 Å². The molecule has 1 saturated heterocycles. The highest BCUT2D eigenvalue weighted by atomic mass is 15.3. The van der Waals surface area contributed by atoms with Crippen LogP contribution in [0.2, 0.25) is 0 Å². The minimum atomic E-state index is 0.251. The zero-order valence-corrected chi connectivity index (χ0v) is 13.8. The Morgan fingerprint density at radius 3 is 1.95 bits per heavy atom. The van der Waals surface area contributed by atoms with Gasteiger partial charge in [-0.1, -0.05) is 45.0 Å². The average Bonchev–Trinajstić information content (AvgIpc) is 2.39. The lowest BCUT2D eigenvalue weighted by Gasteiger charge is -2.37. The first-order valence-electron chi connectivity index (χ1n) is 7.92. The molecular formula is C18H30N2. The summed E-state index contributed by atoms with van der Waals surface area (Å²) in [5.41, 5.74) is 3.11. The summed E-state index contributed by atoms with van der Waals surface area (Å²) in [4.78, 5) is 5.14. The van der Waals surface area contributed by atoms with Gasteiger partial charge in [0, 0.05) is 38.8 Å². The van der Waals surface area contributed by atoms with Gasteiger partial charge < -0.3 is 0 Å². The molecule has 1 aliphatic rings. The maximum absolute atomic E-state index is 2.57. The van der Waals surface area contributed by atoms with Crippen molar-refractivity contribution in [3.8, 4) is 0 Å². The van der Waals surface area contributed by atoms with E-state index < -0.39 is 0 Å².